The number of rotatable bonds is 3. The van der Waals surface area contributed by atoms with Crippen LogP contribution in [-0.2, 0) is 0 Å². The minimum Gasteiger partial charge on any atom is -0.257 e. The SMILES string of the molecule is Fc1ccc([C@@H]2CC(c3ccc(Br)cc3)=NN2c2ccccc2)cc1. The molecule has 0 amide bonds. The van der Waals surface area contributed by atoms with E-state index in [1.54, 1.807) is 0 Å². The second-order valence-electron chi connectivity index (χ2n) is 6.01. The molecule has 3 aromatic rings. The van der Waals surface area contributed by atoms with Crippen molar-refractivity contribution in [1.82, 2.24) is 0 Å². The molecule has 1 aliphatic rings. The lowest BCUT2D eigenvalue weighted by molar-refractivity contribution is 0.624. The first kappa shape index (κ1) is 16.0. The Morgan fingerprint density at radius 1 is 0.880 bits per heavy atom. The predicted molar refractivity (Wildman–Crippen MR) is 103 cm³/mol. The van der Waals surface area contributed by atoms with Crippen LogP contribution in [0.5, 0.6) is 0 Å². The fourth-order valence-corrected chi connectivity index (χ4v) is 3.35. The molecule has 0 aromatic heterocycles. The van der Waals surface area contributed by atoms with Gasteiger partial charge in [-0.3, -0.25) is 5.01 Å². The first-order chi connectivity index (χ1) is 12.2. The second-order valence-corrected chi connectivity index (χ2v) is 6.92. The molecule has 1 atom stereocenters. The van der Waals surface area contributed by atoms with E-state index in [1.807, 2.05) is 59.6 Å². The number of para-hydroxylation sites is 1. The van der Waals surface area contributed by atoms with E-state index < -0.39 is 0 Å². The van der Waals surface area contributed by atoms with Crippen LogP contribution in [0.4, 0.5) is 10.1 Å². The molecule has 0 spiro atoms. The Morgan fingerprint density at radius 3 is 2.24 bits per heavy atom. The maximum atomic E-state index is 13.3. The number of hydrazone groups is 1. The van der Waals surface area contributed by atoms with Crippen LogP contribution in [0, 0.1) is 5.82 Å². The largest absolute Gasteiger partial charge is 0.257 e. The molecular weight excluding hydrogens is 379 g/mol. The molecule has 0 fully saturated rings. The summed E-state index contributed by atoms with van der Waals surface area (Å²) in [6.45, 7) is 0. The molecule has 1 aliphatic heterocycles. The molecule has 124 valence electrons. The van der Waals surface area contributed by atoms with Gasteiger partial charge in [0.25, 0.3) is 0 Å². The van der Waals surface area contributed by atoms with Crippen molar-refractivity contribution in [2.45, 2.75) is 12.5 Å². The molecule has 0 aliphatic carbocycles. The standard InChI is InChI=1S/C21H16BrFN2/c22-17-10-6-15(7-11-17)20-14-21(16-8-12-18(23)13-9-16)25(24-20)19-4-2-1-3-5-19/h1-13,21H,14H2/t21-/m0/s1. The number of hydrogen-bond donors (Lipinski definition) is 0. The molecule has 4 heteroatoms. The number of halogens is 2. The van der Waals surface area contributed by atoms with Gasteiger partial charge >= 0.3 is 0 Å². The van der Waals surface area contributed by atoms with Crippen LogP contribution >= 0.6 is 15.9 Å². The van der Waals surface area contributed by atoms with Gasteiger partial charge in [0.2, 0.25) is 0 Å². The molecule has 0 unspecified atom stereocenters. The van der Waals surface area contributed by atoms with Gasteiger partial charge in [-0.2, -0.15) is 5.10 Å². The molecular formula is C21H16BrFN2. The third-order valence-corrected chi connectivity index (χ3v) is 4.89. The summed E-state index contributed by atoms with van der Waals surface area (Å²) in [7, 11) is 0. The zero-order valence-corrected chi connectivity index (χ0v) is 15.0. The Kier molecular flexibility index (Phi) is 4.36. The minimum atomic E-state index is -0.220. The number of anilines is 1. The van der Waals surface area contributed by atoms with Gasteiger partial charge in [-0.05, 0) is 47.5 Å². The normalized spacial score (nSPS) is 16.8. The van der Waals surface area contributed by atoms with Gasteiger partial charge in [0, 0.05) is 10.9 Å². The van der Waals surface area contributed by atoms with Crippen molar-refractivity contribution in [3.8, 4) is 0 Å². The Labute approximate surface area is 154 Å². The zero-order valence-electron chi connectivity index (χ0n) is 13.4. The van der Waals surface area contributed by atoms with Crippen LogP contribution in [0.2, 0.25) is 0 Å². The number of nitrogens with zero attached hydrogens (tertiary/aromatic N) is 2. The van der Waals surface area contributed by atoms with E-state index in [0.717, 1.165) is 33.4 Å². The summed E-state index contributed by atoms with van der Waals surface area (Å²) < 4.78 is 14.4. The van der Waals surface area contributed by atoms with E-state index in [4.69, 9.17) is 5.10 Å². The van der Waals surface area contributed by atoms with E-state index >= 15 is 0 Å². The summed E-state index contributed by atoms with van der Waals surface area (Å²) in [5, 5.41) is 6.91. The highest BCUT2D eigenvalue weighted by Gasteiger charge is 2.29. The van der Waals surface area contributed by atoms with E-state index in [-0.39, 0.29) is 11.9 Å². The summed E-state index contributed by atoms with van der Waals surface area (Å²) in [6.07, 6.45) is 0.780. The molecule has 25 heavy (non-hydrogen) atoms. The molecule has 0 N–H and O–H groups in total. The molecule has 0 saturated carbocycles. The topological polar surface area (TPSA) is 15.6 Å². The average Bonchev–Trinajstić information content (AvgIpc) is 3.09. The molecule has 0 saturated heterocycles. The molecule has 1 heterocycles. The fraction of sp³-hybridized carbons (Fsp3) is 0.0952. The summed E-state index contributed by atoms with van der Waals surface area (Å²) in [5.74, 6) is -0.220. The van der Waals surface area contributed by atoms with E-state index in [9.17, 15) is 4.39 Å². The summed E-state index contributed by atoms with van der Waals surface area (Å²) >= 11 is 3.47. The van der Waals surface area contributed by atoms with Crippen LogP contribution in [0.15, 0.2) is 88.4 Å². The monoisotopic (exact) mass is 394 g/mol. The zero-order chi connectivity index (χ0) is 17.2. The van der Waals surface area contributed by atoms with Gasteiger partial charge < -0.3 is 0 Å². The third-order valence-electron chi connectivity index (χ3n) is 4.36. The van der Waals surface area contributed by atoms with Crippen molar-refractivity contribution in [1.29, 1.82) is 0 Å². The predicted octanol–water partition coefficient (Wildman–Crippen LogP) is 5.94. The highest BCUT2D eigenvalue weighted by atomic mass is 79.9. The van der Waals surface area contributed by atoms with Crippen LogP contribution in [0.1, 0.15) is 23.6 Å². The van der Waals surface area contributed by atoms with Crippen molar-refractivity contribution < 1.29 is 4.39 Å². The van der Waals surface area contributed by atoms with Gasteiger partial charge in [-0.25, -0.2) is 4.39 Å². The Bertz CT molecular complexity index is 889. The Balaban J connectivity index is 1.73. The number of benzene rings is 3. The van der Waals surface area contributed by atoms with E-state index in [2.05, 4.69) is 28.1 Å². The van der Waals surface area contributed by atoms with E-state index in [0.29, 0.717) is 0 Å². The third kappa shape index (κ3) is 3.35. The van der Waals surface area contributed by atoms with Gasteiger partial charge in [0.1, 0.15) is 5.82 Å². The average molecular weight is 395 g/mol. The molecule has 2 nitrogen and oxygen atoms in total. The van der Waals surface area contributed by atoms with Crippen LogP contribution < -0.4 is 5.01 Å². The van der Waals surface area contributed by atoms with Crippen LogP contribution in [0.3, 0.4) is 0 Å². The summed E-state index contributed by atoms with van der Waals surface area (Å²) in [5.41, 5.74) is 4.23. The van der Waals surface area contributed by atoms with Gasteiger partial charge in [0.15, 0.2) is 0 Å². The van der Waals surface area contributed by atoms with Crippen molar-refractivity contribution >= 4 is 27.3 Å². The van der Waals surface area contributed by atoms with Crippen molar-refractivity contribution in [2.75, 3.05) is 5.01 Å². The fourth-order valence-electron chi connectivity index (χ4n) is 3.09. The summed E-state index contributed by atoms with van der Waals surface area (Å²) in [6, 6.07) is 25.0. The summed E-state index contributed by atoms with van der Waals surface area (Å²) in [4.78, 5) is 0. The quantitative estimate of drug-likeness (QED) is 0.536. The highest BCUT2D eigenvalue weighted by Crippen LogP contribution is 2.36. The van der Waals surface area contributed by atoms with E-state index in [1.165, 1.54) is 12.1 Å². The number of hydrogen-bond acceptors (Lipinski definition) is 2. The van der Waals surface area contributed by atoms with Crippen molar-refractivity contribution in [3.63, 3.8) is 0 Å². The van der Waals surface area contributed by atoms with Crippen molar-refractivity contribution in [3.05, 3.63) is 100 Å². The second kappa shape index (κ2) is 6.81. The van der Waals surface area contributed by atoms with Crippen molar-refractivity contribution in [2.24, 2.45) is 5.10 Å². The lowest BCUT2D eigenvalue weighted by Gasteiger charge is -2.23. The molecule has 0 bridgehead atoms. The lowest BCUT2D eigenvalue weighted by Crippen LogP contribution is -2.18. The maximum Gasteiger partial charge on any atom is 0.123 e. The minimum absolute atomic E-state index is 0.0571. The van der Waals surface area contributed by atoms with Gasteiger partial charge in [0.05, 0.1) is 17.4 Å². The van der Waals surface area contributed by atoms with Crippen LogP contribution in [-0.4, -0.2) is 5.71 Å². The highest BCUT2D eigenvalue weighted by molar-refractivity contribution is 9.10. The van der Waals surface area contributed by atoms with Crippen LogP contribution in [0.25, 0.3) is 0 Å². The lowest BCUT2D eigenvalue weighted by atomic mass is 9.98. The maximum absolute atomic E-state index is 13.3. The Morgan fingerprint density at radius 2 is 1.56 bits per heavy atom. The first-order valence-corrected chi connectivity index (χ1v) is 8.93. The molecule has 4 rings (SSSR count). The molecule has 3 aromatic carbocycles. The van der Waals surface area contributed by atoms with Gasteiger partial charge in [-0.15, -0.1) is 0 Å². The Hall–Kier alpha value is -2.46. The molecule has 0 radical (unpaired) electrons. The van der Waals surface area contributed by atoms with Gasteiger partial charge in [-0.1, -0.05) is 58.4 Å². The smallest absolute Gasteiger partial charge is 0.123 e. The first-order valence-electron chi connectivity index (χ1n) is 8.14.